The van der Waals surface area contributed by atoms with Gasteiger partial charge in [-0.05, 0) is 156 Å². The third-order valence-electron chi connectivity index (χ3n) is 14.6. The number of fused-ring (bicyclic) bond motifs is 10. The van der Waals surface area contributed by atoms with Crippen molar-refractivity contribution in [3.8, 4) is 29.0 Å². The van der Waals surface area contributed by atoms with Crippen molar-refractivity contribution < 1.29 is 12.9 Å². The lowest BCUT2D eigenvalue weighted by Crippen LogP contribution is -2.10. The molecule has 0 aliphatic carbocycles. The van der Waals surface area contributed by atoms with E-state index < -0.39 is 6.85 Å². The van der Waals surface area contributed by atoms with E-state index in [1.807, 2.05) is 66.7 Å². The van der Waals surface area contributed by atoms with Crippen LogP contribution >= 0.6 is 0 Å². The van der Waals surface area contributed by atoms with Crippen LogP contribution in [0.4, 0.5) is 34.1 Å². The molecule has 0 unspecified atom stereocenters. The third kappa shape index (κ3) is 7.02. The first-order chi connectivity index (χ1) is 38.1. The molecule has 0 saturated heterocycles. The van der Waals surface area contributed by atoms with E-state index in [0.29, 0.717) is 28.0 Å². The molecular weight excluding hydrogens is 919 g/mol. The van der Waals surface area contributed by atoms with Crippen molar-refractivity contribution in [3.05, 3.63) is 247 Å². The van der Waals surface area contributed by atoms with Crippen molar-refractivity contribution in [1.29, 1.82) is 10.5 Å². The van der Waals surface area contributed by atoms with Gasteiger partial charge < -0.3 is 23.2 Å². The van der Waals surface area contributed by atoms with Crippen LogP contribution in [0.1, 0.15) is 26.4 Å². The number of aromatic nitrogens is 1. The Morgan fingerprint density at radius 3 is 1.55 bits per heavy atom. The van der Waals surface area contributed by atoms with Crippen molar-refractivity contribution in [1.82, 2.24) is 4.57 Å². The summed E-state index contributed by atoms with van der Waals surface area (Å²) in [5.41, 5.74) is 14.9. The first kappa shape index (κ1) is 40.3. The van der Waals surface area contributed by atoms with Crippen LogP contribution < -0.4 is 9.80 Å². The molecule has 3 aromatic heterocycles. The molecule has 0 aliphatic heterocycles. The zero-order chi connectivity index (χ0) is 52.8. The van der Waals surface area contributed by atoms with Gasteiger partial charge in [-0.2, -0.15) is 10.5 Å². The lowest BCUT2D eigenvalue weighted by atomic mass is 10.0. The Kier molecular flexibility index (Phi) is 9.22. The minimum atomic E-state index is -2.38. The molecule has 0 spiro atoms. The van der Waals surface area contributed by atoms with Gasteiger partial charge in [0.05, 0.1) is 45.7 Å². The van der Waals surface area contributed by atoms with Crippen LogP contribution in [0.15, 0.2) is 233 Å². The smallest absolute Gasteiger partial charge is 0.159 e. The van der Waals surface area contributed by atoms with Gasteiger partial charge in [-0.25, -0.2) is 0 Å². The Balaban J connectivity index is 1.01. The lowest BCUT2D eigenvalue weighted by Gasteiger charge is -2.26. The molecule has 14 rings (SSSR count). The topological polar surface area (TPSA) is 85.3 Å². The number of para-hydroxylation sites is 4. The fraction of sp³-hybridized carbons (Fsp3) is 0.0294. The quantitative estimate of drug-likeness (QED) is 0.151. The molecular formula is C68H43N5O2. The fourth-order valence-electron chi connectivity index (χ4n) is 11.1. The summed E-state index contributed by atoms with van der Waals surface area (Å²) in [6, 6.07) is 80.0. The number of furan rings is 2. The SMILES string of the molecule is [2H]C([2H])([2H])c1cccc2c1oc1c(N(c3ccc(C#N)cc3)c3ccc4cc5c6ccc(N(c7ccc(C#N)cc7)c7cccc8c7oc7c(C)cccc78)cc6n(-c6cccc(-c7ccccc7)c6)c5cc4c3)cccc12. The van der Waals surface area contributed by atoms with Crippen LogP contribution in [0.25, 0.3) is 93.3 Å². The summed E-state index contributed by atoms with van der Waals surface area (Å²) in [6.07, 6.45) is 0. The fourth-order valence-corrected chi connectivity index (χ4v) is 11.1. The Morgan fingerprint density at radius 1 is 0.400 bits per heavy atom. The summed E-state index contributed by atoms with van der Waals surface area (Å²) < 4.78 is 40.9. The molecule has 0 bridgehead atoms. The minimum absolute atomic E-state index is 0.152. The Hall–Kier alpha value is -10.3. The number of nitrogens with zero attached hydrogens (tertiary/aromatic N) is 5. The number of aryl methyl sites for hydroxylation is 2. The minimum Gasteiger partial charge on any atom is -0.454 e. The van der Waals surface area contributed by atoms with Gasteiger partial charge in [0.25, 0.3) is 0 Å². The predicted octanol–water partition coefficient (Wildman–Crippen LogP) is 18.7. The Morgan fingerprint density at radius 2 is 0.920 bits per heavy atom. The molecule has 7 heteroatoms. The Bertz CT molecular complexity index is 4830. The van der Waals surface area contributed by atoms with Gasteiger partial charge in [0.2, 0.25) is 0 Å². The molecule has 0 amide bonds. The average molecular weight is 965 g/mol. The van der Waals surface area contributed by atoms with Crippen LogP contribution in [-0.2, 0) is 0 Å². The van der Waals surface area contributed by atoms with Gasteiger partial charge in [0.15, 0.2) is 11.2 Å². The molecule has 7 nitrogen and oxygen atoms in total. The maximum absolute atomic E-state index is 9.88. The monoisotopic (exact) mass is 964 g/mol. The van der Waals surface area contributed by atoms with E-state index >= 15 is 0 Å². The molecule has 0 saturated carbocycles. The summed E-state index contributed by atoms with van der Waals surface area (Å²) in [7, 11) is 0. The summed E-state index contributed by atoms with van der Waals surface area (Å²) >= 11 is 0. The molecule has 0 radical (unpaired) electrons. The predicted molar refractivity (Wildman–Crippen MR) is 307 cm³/mol. The second kappa shape index (κ2) is 17.2. The van der Waals surface area contributed by atoms with E-state index in [1.54, 1.807) is 24.3 Å². The molecule has 0 atom stereocenters. The second-order valence-corrected chi connectivity index (χ2v) is 19.0. The highest BCUT2D eigenvalue weighted by molar-refractivity contribution is 6.16. The number of benzene rings is 11. The number of hydrogen-bond acceptors (Lipinski definition) is 6. The Labute approximate surface area is 436 Å². The maximum atomic E-state index is 9.88. The molecule has 3 heterocycles. The highest BCUT2D eigenvalue weighted by Crippen LogP contribution is 2.47. The zero-order valence-electron chi connectivity index (χ0n) is 43.4. The normalized spacial score (nSPS) is 12.3. The molecule has 14 aromatic rings. The van der Waals surface area contributed by atoms with E-state index in [0.717, 1.165) is 116 Å². The first-order valence-electron chi connectivity index (χ1n) is 26.3. The summed E-state index contributed by atoms with van der Waals surface area (Å²) in [6.45, 7) is -0.314. The van der Waals surface area contributed by atoms with E-state index in [2.05, 4.69) is 167 Å². The molecule has 0 N–H and O–H groups in total. The van der Waals surface area contributed by atoms with E-state index in [9.17, 15) is 10.5 Å². The molecule has 75 heavy (non-hydrogen) atoms. The number of hydrogen-bond donors (Lipinski definition) is 0. The summed E-state index contributed by atoms with van der Waals surface area (Å²) in [4.78, 5) is 4.33. The highest BCUT2D eigenvalue weighted by atomic mass is 16.3. The zero-order valence-corrected chi connectivity index (χ0v) is 40.4. The van der Waals surface area contributed by atoms with Crippen LogP contribution in [0.3, 0.4) is 0 Å². The maximum Gasteiger partial charge on any atom is 0.159 e. The van der Waals surface area contributed by atoms with Crippen LogP contribution in [0, 0.1) is 36.4 Å². The number of anilines is 6. The van der Waals surface area contributed by atoms with Crippen molar-refractivity contribution in [2.75, 3.05) is 9.80 Å². The van der Waals surface area contributed by atoms with Gasteiger partial charge >= 0.3 is 0 Å². The molecule has 0 fully saturated rings. The first-order valence-corrected chi connectivity index (χ1v) is 24.8. The van der Waals surface area contributed by atoms with Gasteiger partial charge in [-0.3, -0.25) is 0 Å². The van der Waals surface area contributed by atoms with Crippen LogP contribution in [0.2, 0.25) is 0 Å². The molecule has 0 aliphatic rings. The lowest BCUT2D eigenvalue weighted by molar-refractivity contribution is 0.665. The van der Waals surface area contributed by atoms with Crippen molar-refractivity contribution in [3.63, 3.8) is 0 Å². The van der Waals surface area contributed by atoms with Gasteiger partial charge in [0.1, 0.15) is 11.2 Å². The van der Waals surface area contributed by atoms with Crippen molar-refractivity contribution in [2.24, 2.45) is 0 Å². The standard InChI is InChI=1S/C68H43N5O2/c1-42-11-6-17-56-58-19-9-21-61(67(58)74-65(42)56)71(50-28-23-44(40-69)24-29-50)53-32-27-48-37-60-55-34-33-54(39-64(55)73(63(60)38-49(48)36-53)52-16-8-15-47(35-52)46-13-4-3-5-14-46)72(51-30-25-45(41-70)26-31-51)62-22-10-20-59-57-18-7-12-43(2)66(57)75-68(59)62/h3-39H,1-2H3/i1D3. The second-order valence-electron chi connectivity index (χ2n) is 19.0. The van der Waals surface area contributed by atoms with Crippen molar-refractivity contribution >= 4 is 111 Å². The third-order valence-corrected chi connectivity index (χ3v) is 14.6. The van der Waals surface area contributed by atoms with Gasteiger partial charge in [0, 0.05) is 64.9 Å². The summed E-state index contributed by atoms with van der Waals surface area (Å²) in [5, 5.41) is 27.4. The van der Waals surface area contributed by atoms with Crippen LogP contribution in [0.5, 0.6) is 0 Å². The van der Waals surface area contributed by atoms with Crippen molar-refractivity contribution in [2.45, 2.75) is 13.8 Å². The van der Waals surface area contributed by atoms with E-state index in [4.69, 9.17) is 12.9 Å². The molecule has 11 aromatic carbocycles. The van der Waals surface area contributed by atoms with Gasteiger partial charge in [-0.15, -0.1) is 0 Å². The molecule has 352 valence electrons. The van der Waals surface area contributed by atoms with Crippen LogP contribution in [-0.4, -0.2) is 4.57 Å². The number of rotatable bonds is 8. The highest BCUT2D eigenvalue weighted by Gasteiger charge is 2.24. The van der Waals surface area contributed by atoms with E-state index in [-0.39, 0.29) is 5.56 Å². The summed E-state index contributed by atoms with van der Waals surface area (Å²) in [5.74, 6) is 0. The van der Waals surface area contributed by atoms with E-state index in [1.165, 1.54) is 0 Å². The largest absolute Gasteiger partial charge is 0.454 e. The average Bonchev–Trinajstić information content (AvgIpc) is 4.25. The number of nitriles is 2. The van der Waals surface area contributed by atoms with Gasteiger partial charge in [-0.1, -0.05) is 115 Å².